The molecule has 1 N–H and O–H groups in total. The fraction of sp³-hybridized carbons (Fsp3) is 0.300. The summed E-state index contributed by atoms with van der Waals surface area (Å²) in [4.78, 5) is 26.5. The highest BCUT2D eigenvalue weighted by Crippen LogP contribution is 2.23. The fourth-order valence-corrected chi connectivity index (χ4v) is 2.99. The average molecular weight is 405 g/mol. The van der Waals surface area contributed by atoms with E-state index in [1.165, 1.54) is 13.2 Å². The lowest BCUT2D eigenvalue weighted by molar-refractivity contribution is -0.119. The SMILES string of the molecule is COc1ccc(Cl)cc1C(=O)OCC(=O)Nc1ccc(N2CCOCC2)cc1. The molecule has 3 rings (SSSR count). The maximum Gasteiger partial charge on any atom is 0.342 e. The maximum absolute atomic E-state index is 12.2. The van der Waals surface area contributed by atoms with Crippen LogP contribution in [0.1, 0.15) is 10.4 Å². The number of anilines is 2. The van der Waals surface area contributed by atoms with Gasteiger partial charge in [-0.1, -0.05) is 11.6 Å². The Labute approximate surface area is 168 Å². The molecule has 0 unspecified atom stereocenters. The standard InChI is InChI=1S/C20H21ClN2O5/c1-26-18-7-2-14(21)12-17(18)20(25)28-13-19(24)22-15-3-5-16(6-4-15)23-8-10-27-11-9-23/h2-7,12H,8-11,13H2,1H3,(H,22,24). The van der Waals surface area contributed by atoms with Gasteiger partial charge in [0.15, 0.2) is 6.61 Å². The molecule has 1 fully saturated rings. The molecule has 8 heteroatoms. The van der Waals surface area contributed by atoms with Crippen LogP contribution in [0.25, 0.3) is 0 Å². The summed E-state index contributed by atoms with van der Waals surface area (Å²) in [6.07, 6.45) is 0. The Balaban J connectivity index is 1.53. The van der Waals surface area contributed by atoms with Gasteiger partial charge in [-0.05, 0) is 42.5 Å². The van der Waals surface area contributed by atoms with E-state index >= 15 is 0 Å². The van der Waals surface area contributed by atoms with Crippen LogP contribution < -0.4 is 15.0 Å². The second-order valence-corrected chi connectivity index (χ2v) is 6.55. The first kappa shape index (κ1) is 20.0. The lowest BCUT2D eigenvalue weighted by Crippen LogP contribution is -2.36. The van der Waals surface area contributed by atoms with Gasteiger partial charge in [-0.3, -0.25) is 4.79 Å². The second-order valence-electron chi connectivity index (χ2n) is 6.12. The molecule has 0 radical (unpaired) electrons. The zero-order chi connectivity index (χ0) is 19.9. The van der Waals surface area contributed by atoms with Gasteiger partial charge in [-0.25, -0.2) is 4.79 Å². The highest BCUT2D eigenvalue weighted by molar-refractivity contribution is 6.31. The van der Waals surface area contributed by atoms with Crippen LogP contribution in [0.3, 0.4) is 0 Å². The average Bonchev–Trinajstić information content (AvgIpc) is 2.73. The Morgan fingerprint density at radius 1 is 1.14 bits per heavy atom. The van der Waals surface area contributed by atoms with Gasteiger partial charge in [0.25, 0.3) is 5.91 Å². The Bertz CT molecular complexity index is 835. The monoisotopic (exact) mass is 404 g/mol. The van der Waals surface area contributed by atoms with Crippen molar-refractivity contribution < 1.29 is 23.8 Å². The molecule has 7 nitrogen and oxygen atoms in total. The summed E-state index contributed by atoms with van der Waals surface area (Å²) in [6, 6.07) is 12.1. The van der Waals surface area contributed by atoms with Crippen molar-refractivity contribution in [2.24, 2.45) is 0 Å². The molecule has 1 saturated heterocycles. The molecule has 0 saturated carbocycles. The smallest absolute Gasteiger partial charge is 0.342 e. The molecule has 148 valence electrons. The number of amides is 1. The van der Waals surface area contributed by atoms with Gasteiger partial charge in [-0.2, -0.15) is 0 Å². The molecule has 2 aromatic rings. The van der Waals surface area contributed by atoms with Crippen molar-refractivity contribution in [1.82, 2.24) is 0 Å². The van der Waals surface area contributed by atoms with Gasteiger partial charge in [0.1, 0.15) is 11.3 Å². The van der Waals surface area contributed by atoms with Crippen LogP contribution in [0, 0.1) is 0 Å². The first-order valence-corrected chi connectivity index (χ1v) is 9.18. The summed E-state index contributed by atoms with van der Waals surface area (Å²) in [5.74, 6) is -0.792. The maximum atomic E-state index is 12.2. The molecule has 1 heterocycles. The molecule has 2 aromatic carbocycles. The number of halogens is 1. The van der Waals surface area contributed by atoms with E-state index in [-0.39, 0.29) is 5.56 Å². The van der Waals surface area contributed by atoms with Crippen LogP contribution >= 0.6 is 11.6 Å². The first-order valence-electron chi connectivity index (χ1n) is 8.80. The predicted octanol–water partition coefficient (Wildman–Crippen LogP) is 2.98. The van der Waals surface area contributed by atoms with E-state index in [0.717, 1.165) is 18.8 Å². The minimum Gasteiger partial charge on any atom is -0.496 e. The van der Waals surface area contributed by atoms with Crippen molar-refractivity contribution in [3.63, 3.8) is 0 Å². The number of nitrogens with one attached hydrogen (secondary N) is 1. The number of methoxy groups -OCH3 is 1. The number of benzene rings is 2. The van der Waals surface area contributed by atoms with Crippen molar-refractivity contribution in [3.05, 3.63) is 53.1 Å². The van der Waals surface area contributed by atoms with Gasteiger partial charge in [0.2, 0.25) is 0 Å². The topological polar surface area (TPSA) is 77.1 Å². The molecule has 0 atom stereocenters. The lowest BCUT2D eigenvalue weighted by atomic mass is 10.2. The number of nitrogens with zero attached hydrogens (tertiary/aromatic N) is 1. The minimum absolute atomic E-state index is 0.165. The molecule has 0 spiro atoms. The zero-order valence-electron chi connectivity index (χ0n) is 15.4. The summed E-state index contributed by atoms with van der Waals surface area (Å²) in [6.45, 7) is 2.69. The largest absolute Gasteiger partial charge is 0.496 e. The van der Waals surface area contributed by atoms with Crippen molar-refractivity contribution in [2.75, 3.05) is 50.2 Å². The third kappa shape index (κ3) is 5.15. The number of carbonyl (C=O) groups excluding carboxylic acids is 2. The molecule has 0 aliphatic carbocycles. The number of carbonyl (C=O) groups is 2. The van der Waals surface area contributed by atoms with Crippen LogP contribution in [-0.4, -0.2) is 51.9 Å². The van der Waals surface area contributed by atoms with E-state index in [4.69, 9.17) is 25.8 Å². The van der Waals surface area contributed by atoms with Gasteiger partial charge in [-0.15, -0.1) is 0 Å². The van der Waals surface area contributed by atoms with Gasteiger partial charge >= 0.3 is 5.97 Å². The van der Waals surface area contributed by atoms with Gasteiger partial charge in [0, 0.05) is 29.5 Å². The summed E-state index contributed by atoms with van der Waals surface area (Å²) in [7, 11) is 1.44. The number of esters is 1. The third-order valence-corrected chi connectivity index (χ3v) is 4.48. The van der Waals surface area contributed by atoms with Crippen molar-refractivity contribution in [1.29, 1.82) is 0 Å². The highest BCUT2D eigenvalue weighted by atomic mass is 35.5. The molecular weight excluding hydrogens is 384 g/mol. The number of hydrogen-bond acceptors (Lipinski definition) is 6. The van der Waals surface area contributed by atoms with E-state index < -0.39 is 18.5 Å². The molecule has 0 aromatic heterocycles. The Kier molecular flexibility index (Phi) is 6.73. The minimum atomic E-state index is -0.683. The van der Waals surface area contributed by atoms with Crippen molar-refractivity contribution in [2.45, 2.75) is 0 Å². The lowest BCUT2D eigenvalue weighted by Gasteiger charge is -2.28. The highest BCUT2D eigenvalue weighted by Gasteiger charge is 2.16. The Morgan fingerprint density at radius 2 is 1.86 bits per heavy atom. The number of ether oxygens (including phenoxy) is 3. The fourth-order valence-electron chi connectivity index (χ4n) is 2.82. The van der Waals surface area contributed by atoms with Gasteiger partial charge < -0.3 is 24.4 Å². The van der Waals surface area contributed by atoms with Crippen LogP contribution in [0.5, 0.6) is 5.75 Å². The van der Waals surface area contributed by atoms with Crippen molar-refractivity contribution in [3.8, 4) is 5.75 Å². The molecule has 0 bridgehead atoms. The molecule has 1 amide bonds. The second kappa shape index (κ2) is 9.43. The number of morpholine rings is 1. The van der Waals surface area contributed by atoms with E-state index in [2.05, 4.69) is 10.2 Å². The number of hydrogen-bond donors (Lipinski definition) is 1. The summed E-state index contributed by atoms with van der Waals surface area (Å²) >= 11 is 5.90. The van der Waals surface area contributed by atoms with Crippen molar-refractivity contribution >= 4 is 34.9 Å². The van der Waals surface area contributed by atoms with Crippen LogP contribution in [0.4, 0.5) is 11.4 Å². The van der Waals surface area contributed by atoms with Gasteiger partial charge in [0.05, 0.1) is 20.3 Å². The molecule has 1 aliphatic rings. The predicted molar refractivity (Wildman–Crippen MR) is 106 cm³/mol. The van der Waals surface area contributed by atoms with E-state index in [0.29, 0.717) is 29.7 Å². The Morgan fingerprint density at radius 3 is 2.54 bits per heavy atom. The molecule has 28 heavy (non-hydrogen) atoms. The normalized spacial score (nSPS) is 13.7. The number of rotatable bonds is 6. The quantitative estimate of drug-likeness (QED) is 0.746. The molecule has 1 aliphatic heterocycles. The Hall–Kier alpha value is -2.77. The third-order valence-electron chi connectivity index (χ3n) is 4.24. The molecular formula is C20H21ClN2O5. The van der Waals surface area contributed by atoms with Crippen LogP contribution in [-0.2, 0) is 14.3 Å². The zero-order valence-corrected chi connectivity index (χ0v) is 16.2. The van der Waals surface area contributed by atoms with E-state index in [1.54, 1.807) is 12.1 Å². The van der Waals surface area contributed by atoms with E-state index in [1.807, 2.05) is 24.3 Å². The van der Waals surface area contributed by atoms with E-state index in [9.17, 15) is 9.59 Å². The van der Waals surface area contributed by atoms with Crippen LogP contribution in [0.2, 0.25) is 5.02 Å². The summed E-state index contributed by atoms with van der Waals surface area (Å²) in [5, 5.41) is 3.07. The van der Waals surface area contributed by atoms with Crippen LogP contribution in [0.15, 0.2) is 42.5 Å². The summed E-state index contributed by atoms with van der Waals surface area (Å²) in [5.41, 5.74) is 1.86. The first-order chi connectivity index (χ1) is 13.6. The summed E-state index contributed by atoms with van der Waals surface area (Å²) < 4.78 is 15.5.